The van der Waals surface area contributed by atoms with E-state index in [9.17, 15) is 9.59 Å². The Balaban J connectivity index is 1.23. The minimum absolute atomic E-state index is 0.0380. The lowest BCUT2D eigenvalue weighted by Crippen LogP contribution is -2.49. The largest absolute Gasteiger partial charge is 0.352 e. The zero-order chi connectivity index (χ0) is 23.5. The summed E-state index contributed by atoms with van der Waals surface area (Å²) >= 11 is 9.65. The molecule has 0 radical (unpaired) electrons. The predicted octanol–water partition coefficient (Wildman–Crippen LogP) is 3.72. The zero-order valence-electron chi connectivity index (χ0n) is 18.5. The number of carbonyl (C=O) groups is 2. The molecule has 4 heterocycles. The first kappa shape index (κ1) is 23.3. The number of piperazine rings is 1. The number of carbonyl (C=O) groups excluding carboxylic acids is 2. The van der Waals surface area contributed by atoms with E-state index in [0.717, 1.165) is 40.3 Å². The molecule has 176 valence electrons. The van der Waals surface area contributed by atoms with Crippen LogP contribution in [-0.2, 0) is 4.79 Å². The van der Waals surface area contributed by atoms with E-state index in [2.05, 4.69) is 25.9 Å². The van der Waals surface area contributed by atoms with E-state index in [-0.39, 0.29) is 11.8 Å². The van der Waals surface area contributed by atoms with Crippen LogP contribution in [0.25, 0.3) is 6.08 Å². The summed E-state index contributed by atoms with van der Waals surface area (Å²) in [6, 6.07) is 11.4. The highest BCUT2D eigenvalue weighted by Crippen LogP contribution is 2.28. The Bertz CT molecular complexity index is 1150. The van der Waals surface area contributed by atoms with Crippen molar-refractivity contribution < 1.29 is 9.59 Å². The van der Waals surface area contributed by atoms with Gasteiger partial charge < -0.3 is 14.7 Å². The molecule has 2 saturated heterocycles. The topological polar surface area (TPSA) is 69.1 Å². The Labute approximate surface area is 212 Å². The number of hydrogen-bond donors (Lipinski definition) is 0. The smallest absolute Gasteiger partial charge is 0.258 e. The fourth-order valence-corrected chi connectivity index (χ4v) is 6.15. The summed E-state index contributed by atoms with van der Waals surface area (Å²) in [5.74, 6) is 3.05. The van der Waals surface area contributed by atoms with Crippen LogP contribution in [0.5, 0.6) is 0 Å². The molecule has 1 aromatic heterocycles. The summed E-state index contributed by atoms with van der Waals surface area (Å²) in [4.78, 5) is 39.4. The summed E-state index contributed by atoms with van der Waals surface area (Å²) < 4.78 is 0. The molecule has 2 fully saturated rings. The molecule has 2 aromatic rings. The van der Waals surface area contributed by atoms with Crippen molar-refractivity contribution in [2.45, 2.75) is 0 Å². The molecule has 0 aliphatic carbocycles. The van der Waals surface area contributed by atoms with Crippen LogP contribution in [0.4, 0.5) is 5.82 Å². The number of anilines is 1. The van der Waals surface area contributed by atoms with Gasteiger partial charge in [0.25, 0.3) is 11.8 Å². The molecule has 3 aliphatic rings. The SMILES string of the molecule is O=C1CSC(N2CCSCC2=Cc2ccc(C(=O)N3CCN(c4ncccc4Cl)CC3)cc2)=N1. The Kier molecular flexibility index (Phi) is 7.12. The number of rotatable bonds is 3. The van der Waals surface area contributed by atoms with Gasteiger partial charge in [-0.2, -0.15) is 16.8 Å². The standard InChI is InChI=1S/C24H24ClN5O2S2/c25-20-2-1-7-26-22(20)28-8-10-29(11-9-28)23(32)18-5-3-17(4-6-18)14-19-15-33-13-12-30(19)24-27-21(31)16-34-24/h1-7,14H,8-13,15-16H2. The van der Waals surface area contributed by atoms with Gasteiger partial charge in [0, 0.05) is 61.7 Å². The van der Waals surface area contributed by atoms with Crippen LogP contribution in [-0.4, -0.2) is 81.7 Å². The summed E-state index contributed by atoms with van der Waals surface area (Å²) in [6.07, 6.45) is 3.86. The number of pyridine rings is 1. The Morgan fingerprint density at radius 1 is 1.03 bits per heavy atom. The number of hydrogen-bond acceptors (Lipinski definition) is 7. The molecular formula is C24H24ClN5O2S2. The first-order valence-corrected chi connectivity index (χ1v) is 13.7. The third-order valence-corrected chi connectivity index (χ3v) is 8.16. The molecule has 0 atom stereocenters. The molecule has 7 nitrogen and oxygen atoms in total. The van der Waals surface area contributed by atoms with E-state index in [1.807, 2.05) is 53.1 Å². The minimum Gasteiger partial charge on any atom is -0.352 e. The van der Waals surface area contributed by atoms with Crippen LogP contribution in [0, 0.1) is 0 Å². The molecule has 1 aromatic carbocycles. The quantitative estimate of drug-likeness (QED) is 0.619. The van der Waals surface area contributed by atoms with E-state index in [1.165, 1.54) is 11.8 Å². The van der Waals surface area contributed by atoms with Crippen LogP contribution in [0.3, 0.4) is 0 Å². The fraction of sp³-hybridized carbons (Fsp3) is 0.333. The van der Waals surface area contributed by atoms with Crippen molar-refractivity contribution in [3.63, 3.8) is 0 Å². The second kappa shape index (κ2) is 10.4. The third kappa shape index (κ3) is 5.11. The highest BCUT2D eigenvalue weighted by atomic mass is 35.5. The summed E-state index contributed by atoms with van der Waals surface area (Å²) in [7, 11) is 0. The van der Waals surface area contributed by atoms with Gasteiger partial charge in [0.15, 0.2) is 5.17 Å². The molecule has 0 bridgehead atoms. The molecule has 34 heavy (non-hydrogen) atoms. The van der Waals surface area contributed by atoms with Crippen molar-refractivity contribution in [2.75, 3.05) is 54.9 Å². The second-order valence-corrected chi connectivity index (χ2v) is 10.6. The summed E-state index contributed by atoms with van der Waals surface area (Å²) in [5, 5.41) is 1.43. The van der Waals surface area contributed by atoms with Crippen LogP contribution in [0.1, 0.15) is 15.9 Å². The predicted molar refractivity (Wildman–Crippen MR) is 141 cm³/mol. The molecule has 2 amide bonds. The number of aliphatic imine (C=N–C) groups is 1. The Hall–Kier alpha value is -2.49. The normalized spacial score (nSPS) is 20.1. The van der Waals surface area contributed by atoms with E-state index < -0.39 is 0 Å². The monoisotopic (exact) mass is 513 g/mol. The number of amidine groups is 1. The molecule has 5 rings (SSSR count). The number of thioether (sulfide) groups is 2. The van der Waals surface area contributed by atoms with E-state index in [0.29, 0.717) is 42.5 Å². The zero-order valence-corrected chi connectivity index (χ0v) is 20.9. The van der Waals surface area contributed by atoms with E-state index in [1.54, 1.807) is 6.20 Å². The van der Waals surface area contributed by atoms with Gasteiger partial charge in [-0.15, -0.1) is 0 Å². The van der Waals surface area contributed by atoms with Crippen molar-refractivity contribution in [3.8, 4) is 0 Å². The molecule has 0 unspecified atom stereocenters. The molecule has 0 spiro atoms. The number of aromatic nitrogens is 1. The maximum atomic E-state index is 13.1. The van der Waals surface area contributed by atoms with Gasteiger partial charge in [-0.25, -0.2) is 4.98 Å². The van der Waals surface area contributed by atoms with Gasteiger partial charge in [0.2, 0.25) is 0 Å². The average Bonchev–Trinajstić information content (AvgIpc) is 3.31. The third-order valence-electron chi connectivity index (χ3n) is 5.93. The van der Waals surface area contributed by atoms with Crippen molar-refractivity contribution in [1.82, 2.24) is 14.8 Å². The molecule has 0 N–H and O–H groups in total. The molecule has 3 aliphatic heterocycles. The highest BCUT2D eigenvalue weighted by Gasteiger charge is 2.26. The molecule has 0 saturated carbocycles. The lowest BCUT2D eigenvalue weighted by Gasteiger charge is -2.35. The molecule has 10 heteroatoms. The lowest BCUT2D eigenvalue weighted by atomic mass is 10.1. The maximum absolute atomic E-state index is 13.1. The van der Waals surface area contributed by atoms with E-state index in [4.69, 9.17) is 11.6 Å². The maximum Gasteiger partial charge on any atom is 0.258 e. The van der Waals surface area contributed by atoms with Crippen molar-refractivity contribution >= 4 is 64.0 Å². The van der Waals surface area contributed by atoms with Crippen molar-refractivity contribution in [1.29, 1.82) is 0 Å². The van der Waals surface area contributed by atoms with Crippen LogP contribution in [0.15, 0.2) is 53.3 Å². The van der Waals surface area contributed by atoms with Crippen LogP contribution < -0.4 is 4.90 Å². The van der Waals surface area contributed by atoms with Crippen molar-refractivity contribution in [2.24, 2.45) is 4.99 Å². The first-order valence-electron chi connectivity index (χ1n) is 11.1. The minimum atomic E-state index is -0.0654. The van der Waals surface area contributed by atoms with Crippen LogP contribution in [0.2, 0.25) is 5.02 Å². The second-order valence-electron chi connectivity index (χ2n) is 8.13. The fourth-order valence-electron chi connectivity index (χ4n) is 4.16. The summed E-state index contributed by atoms with van der Waals surface area (Å²) in [5.41, 5.74) is 2.85. The van der Waals surface area contributed by atoms with Crippen molar-refractivity contribution in [3.05, 3.63) is 64.4 Å². The van der Waals surface area contributed by atoms with Gasteiger partial charge in [-0.1, -0.05) is 35.5 Å². The number of nitrogens with zero attached hydrogens (tertiary/aromatic N) is 5. The number of halogens is 1. The van der Waals surface area contributed by atoms with Crippen LogP contribution >= 0.6 is 35.1 Å². The number of amides is 2. The van der Waals surface area contributed by atoms with Gasteiger partial charge >= 0.3 is 0 Å². The summed E-state index contributed by atoms with van der Waals surface area (Å²) in [6.45, 7) is 3.50. The first-order chi connectivity index (χ1) is 16.6. The lowest BCUT2D eigenvalue weighted by molar-refractivity contribution is -0.115. The Morgan fingerprint density at radius 2 is 1.82 bits per heavy atom. The molecular weight excluding hydrogens is 490 g/mol. The highest BCUT2D eigenvalue weighted by molar-refractivity contribution is 8.14. The van der Waals surface area contributed by atoms with Gasteiger partial charge in [-0.05, 0) is 35.9 Å². The number of benzene rings is 1. The van der Waals surface area contributed by atoms with Gasteiger partial charge in [-0.3, -0.25) is 9.59 Å². The van der Waals surface area contributed by atoms with Gasteiger partial charge in [0.1, 0.15) is 5.82 Å². The average molecular weight is 514 g/mol. The Morgan fingerprint density at radius 3 is 2.53 bits per heavy atom. The van der Waals surface area contributed by atoms with E-state index >= 15 is 0 Å². The van der Waals surface area contributed by atoms with Gasteiger partial charge in [0.05, 0.1) is 10.8 Å².